The van der Waals surface area contributed by atoms with Crippen molar-refractivity contribution in [1.82, 2.24) is 5.32 Å². The highest BCUT2D eigenvalue weighted by Gasteiger charge is 2.31. The van der Waals surface area contributed by atoms with Crippen LogP contribution in [0.2, 0.25) is 0 Å². The molecule has 0 spiro atoms. The molecule has 166 valence electrons. The van der Waals surface area contributed by atoms with Crippen LogP contribution < -0.4 is 10.7 Å². The lowest BCUT2D eigenvalue weighted by Gasteiger charge is -2.14. The van der Waals surface area contributed by atoms with Crippen LogP contribution in [0.5, 0.6) is 0 Å². The van der Waals surface area contributed by atoms with Crippen molar-refractivity contribution in [2.45, 2.75) is 38.9 Å². The van der Waals surface area contributed by atoms with Crippen LogP contribution in [0.1, 0.15) is 51.4 Å². The summed E-state index contributed by atoms with van der Waals surface area (Å²) in [5.74, 6) is 0.591. The molecule has 0 radical (unpaired) electrons. The zero-order valence-electron chi connectivity index (χ0n) is 17.4. The smallest absolute Gasteiger partial charge is 0.416 e. The Balaban J connectivity index is 1.53. The molecule has 2 N–H and O–H groups in total. The number of nitrogens with zero attached hydrogens (tertiary/aromatic N) is 1. The van der Waals surface area contributed by atoms with Gasteiger partial charge in [0.15, 0.2) is 5.76 Å². The molecule has 0 atom stereocenters. The molecule has 0 fully saturated rings. The van der Waals surface area contributed by atoms with Crippen LogP contribution >= 0.6 is 0 Å². The van der Waals surface area contributed by atoms with Crippen molar-refractivity contribution >= 4 is 17.3 Å². The molecule has 0 aliphatic heterocycles. The maximum absolute atomic E-state index is 12.9. The third-order valence-electron chi connectivity index (χ3n) is 5.34. The average molecular weight is 441 g/mol. The van der Waals surface area contributed by atoms with Gasteiger partial charge in [-0.1, -0.05) is 36.4 Å². The van der Waals surface area contributed by atoms with Gasteiger partial charge < -0.3 is 9.73 Å². The van der Waals surface area contributed by atoms with E-state index >= 15 is 0 Å². The Kier molecular flexibility index (Phi) is 6.03. The lowest BCUT2D eigenvalue weighted by molar-refractivity contribution is -0.137. The summed E-state index contributed by atoms with van der Waals surface area (Å²) in [6.07, 6.45) is -2.35. The second-order valence-corrected chi connectivity index (χ2v) is 7.63. The molecular formula is C24H22F3N3O2. The van der Waals surface area contributed by atoms with Gasteiger partial charge in [-0.2, -0.15) is 18.3 Å². The molecule has 4 rings (SSSR count). The first-order valence-corrected chi connectivity index (χ1v) is 10.3. The normalized spacial score (nSPS) is 14.8. The summed E-state index contributed by atoms with van der Waals surface area (Å²) in [5, 5.41) is 7.22. The molecule has 3 aromatic rings. The zero-order valence-corrected chi connectivity index (χ0v) is 17.4. The van der Waals surface area contributed by atoms with E-state index in [0.717, 1.165) is 29.7 Å². The number of aryl methyl sites for hydroxylation is 1. The molecule has 2 aromatic carbocycles. The first-order chi connectivity index (χ1) is 15.3. The summed E-state index contributed by atoms with van der Waals surface area (Å²) < 4.78 is 44.7. The largest absolute Gasteiger partial charge is 0.455 e. The van der Waals surface area contributed by atoms with Gasteiger partial charge in [0, 0.05) is 24.1 Å². The second-order valence-electron chi connectivity index (χ2n) is 7.63. The predicted octanol–water partition coefficient (Wildman–Crippen LogP) is 5.69. The first-order valence-electron chi connectivity index (χ1n) is 10.3. The highest BCUT2D eigenvalue weighted by molar-refractivity contribution is 6.06. The molecule has 0 unspecified atom stereocenters. The van der Waals surface area contributed by atoms with Gasteiger partial charge in [-0.05, 0) is 43.5 Å². The highest BCUT2D eigenvalue weighted by atomic mass is 19.4. The van der Waals surface area contributed by atoms with E-state index in [-0.39, 0.29) is 17.4 Å². The van der Waals surface area contributed by atoms with Crippen LogP contribution in [-0.2, 0) is 19.1 Å². The summed E-state index contributed by atoms with van der Waals surface area (Å²) in [6, 6.07) is 14.4. The quantitative estimate of drug-likeness (QED) is 0.500. The summed E-state index contributed by atoms with van der Waals surface area (Å²) >= 11 is 0. The van der Waals surface area contributed by atoms with Gasteiger partial charge in [0.2, 0.25) is 0 Å². The van der Waals surface area contributed by atoms with Crippen LogP contribution in [0.15, 0.2) is 64.1 Å². The number of hydrogen-bond donors (Lipinski definition) is 2. The lowest BCUT2D eigenvalue weighted by atomic mass is 9.93. The number of furan rings is 1. The molecule has 1 amide bonds. The van der Waals surface area contributed by atoms with Crippen molar-refractivity contribution in [3.8, 4) is 0 Å². The maximum atomic E-state index is 12.9. The van der Waals surface area contributed by atoms with Crippen molar-refractivity contribution in [2.24, 2.45) is 5.10 Å². The number of carbonyl (C=O) groups is 1. The monoisotopic (exact) mass is 441 g/mol. The van der Waals surface area contributed by atoms with Crippen LogP contribution in [0.25, 0.3) is 0 Å². The number of halogens is 3. The van der Waals surface area contributed by atoms with Crippen molar-refractivity contribution in [3.63, 3.8) is 0 Å². The van der Waals surface area contributed by atoms with Gasteiger partial charge in [-0.3, -0.25) is 10.2 Å². The van der Waals surface area contributed by atoms with E-state index in [2.05, 4.69) is 15.8 Å². The molecule has 5 nitrogen and oxygen atoms in total. The van der Waals surface area contributed by atoms with Crippen LogP contribution in [0, 0.1) is 6.92 Å². The van der Waals surface area contributed by atoms with Crippen molar-refractivity contribution in [3.05, 3.63) is 88.4 Å². The molecule has 0 saturated heterocycles. The summed E-state index contributed by atoms with van der Waals surface area (Å²) in [4.78, 5) is 12.7. The Hall–Kier alpha value is -3.55. The number of hydrazone groups is 1. The van der Waals surface area contributed by atoms with Gasteiger partial charge in [-0.25, -0.2) is 0 Å². The minimum Gasteiger partial charge on any atom is -0.455 e. The Morgan fingerprint density at radius 2 is 1.88 bits per heavy atom. The van der Waals surface area contributed by atoms with E-state index in [1.807, 2.05) is 30.3 Å². The van der Waals surface area contributed by atoms with Gasteiger partial charge in [-0.15, -0.1) is 0 Å². The fourth-order valence-electron chi connectivity index (χ4n) is 3.75. The van der Waals surface area contributed by atoms with E-state index < -0.39 is 11.7 Å². The molecule has 8 heteroatoms. The number of rotatable bonds is 5. The highest BCUT2D eigenvalue weighted by Crippen LogP contribution is 2.32. The van der Waals surface area contributed by atoms with E-state index in [1.165, 1.54) is 12.1 Å². The van der Waals surface area contributed by atoms with Gasteiger partial charge >= 0.3 is 6.18 Å². The van der Waals surface area contributed by atoms with E-state index in [4.69, 9.17) is 4.42 Å². The van der Waals surface area contributed by atoms with Crippen LogP contribution in [-0.4, -0.2) is 11.6 Å². The van der Waals surface area contributed by atoms with Crippen LogP contribution in [0.3, 0.4) is 0 Å². The minimum atomic E-state index is -4.42. The first kappa shape index (κ1) is 21.7. The number of fused-ring (bicyclic) bond motifs is 1. The standard InChI is InChI=1S/C24H22F3N3O2/c1-15-21-19(30-29-18-10-5-9-17(13-18)24(25,26)27)11-6-12-20(21)32-22(15)23(31)28-14-16-7-3-2-4-8-16/h2-5,7-10,13,29H,6,11-12,14H2,1H3,(H,28,31)/b30-19+. The van der Waals surface area contributed by atoms with Gasteiger partial charge in [0.25, 0.3) is 5.91 Å². The number of hydrogen-bond acceptors (Lipinski definition) is 4. The number of amides is 1. The lowest BCUT2D eigenvalue weighted by Crippen LogP contribution is -2.23. The van der Waals surface area contributed by atoms with Gasteiger partial charge in [0.1, 0.15) is 5.76 Å². The van der Waals surface area contributed by atoms with Crippen LogP contribution in [0.4, 0.5) is 18.9 Å². The second kappa shape index (κ2) is 8.90. The molecule has 1 heterocycles. The minimum absolute atomic E-state index is 0.236. The summed E-state index contributed by atoms with van der Waals surface area (Å²) in [6.45, 7) is 2.17. The number of anilines is 1. The Morgan fingerprint density at radius 1 is 1.09 bits per heavy atom. The number of alkyl halides is 3. The van der Waals surface area contributed by atoms with Crippen molar-refractivity contribution in [2.75, 3.05) is 5.43 Å². The molecule has 1 aliphatic carbocycles. The number of benzene rings is 2. The fraction of sp³-hybridized carbons (Fsp3) is 0.250. The number of nitrogens with one attached hydrogen (secondary N) is 2. The topological polar surface area (TPSA) is 66.6 Å². The SMILES string of the molecule is Cc1c(C(=O)NCc2ccccc2)oc2c1/C(=N/Nc1cccc(C(F)(F)F)c1)CCC2. The van der Waals surface area contributed by atoms with Crippen molar-refractivity contribution < 1.29 is 22.4 Å². The van der Waals surface area contributed by atoms with E-state index in [0.29, 0.717) is 36.4 Å². The predicted molar refractivity (Wildman–Crippen MR) is 116 cm³/mol. The number of carbonyl (C=O) groups excluding carboxylic acids is 1. The van der Waals surface area contributed by atoms with Gasteiger partial charge in [0.05, 0.1) is 17.0 Å². The third-order valence-corrected chi connectivity index (χ3v) is 5.34. The van der Waals surface area contributed by atoms with E-state index in [1.54, 1.807) is 6.92 Å². The Bertz CT molecular complexity index is 1150. The zero-order chi connectivity index (χ0) is 22.7. The van der Waals surface area contributed by atoms with E-state index in [9.17, 15) is 18.0 Å². The molecule has 0 bridgehead atoms. The Morgan fingerprint density at radius 3 is 2.62 bits per heavy atom. The molecule has 32 heavy (non-hydrogen) atoms. The molecule has 0 saturated carbocycles. The average Bonchev–Trinajstić information content (AvgIpc) is 3.13. The third kappa shape index (κ3) is 4.69. The Labute approximate surface area is 183 Å². The summed E-state index contributed by atoms with van der Waals surface area (Å²) in [7, 11) is 0. The fourth-order valence-corrected chi connectivity index (χ4v) is 3.75. The van der Waals surface area contributed by atoms with Crippen molar-refractivity contribution in [1.29, 1.82) is 0 Å². The molecule has 1 aromatic heterocycles. The summed E-state index contributed by atoms with van der Waals surface area (Å²) in [5.41, 5.74) is 5.28. The molecular weight excluding hydrogens is 419 g/mol. The maximum Gasteiger partial charge on any atom is 0.416 e. The molecule has 1 aliphatic rings.